The molecule has 2 aliphatic rings. The monoisotopic (exact) mass is 322 g/mol. The van der Waals surface area contributed by atoms with Gasteiger partial charge in [0.15, 0.2) is 0 Å². The maximum Gasteiger partial charge on any atom is 0.310 e. The first-order valence-electron chi connectivity index (χ1n) is 8.30. The summed E-state index contributed by atoms with van der Waals surface area (Å²) in [4.78, 5) is 14.7. The number of nitrogens with zero attached hydrogens (tertiary/aromatic N) is 1. The van der Waals surface area contributed by atoms with E-state index in [0.717, 1.165) is 24.8 Å². The van der Waals surface area contributed by atoms with E-state index in [1.807, 2.05) is 0 Å². The van der Waals surface area contributed by atoms with Gasteiger partial charge in [0.25, 0.3) is 0 Å². The number of carbonyl (C=O) groups is 1. The fourth-order valence-corrected chi connectivity index (χ4v) is 4.41. The molecule has 5 heteroatoms. The molecule has 2 aliphatic heterocycles. The lowest BCUT2D eigenvalue weighted by Gasteiger charge is -2.43. The van der Waals surface area contributed by atoms with Gasteiger partial charge in [-0.3, -0.25) is 14.1 Å². The highest BCUT2D eigenvalue weighted by Crippen LogP contribution is 2.47. The van der Waals surface area contributed by atoms with Crippen LogP contribution in [0, 0.1) is 11.7 Å². The minimum absolute atomic E-state index is 0.0437. The summed E-state index contributed by atoms with van der Waals surface area (Å²) in [7, 11) is 1.41. The summed E-state index contributed by atoms with van der Waals surface area (Å²) in [5, 5.41) is 0. The van der Waals surface area contributed by atoms with Crippen molar-refractivity contribution in [3.05, 3.63) is 35.6 Å². The van der Waals surface area contributed by atoms with Crippen LogP contribution in [0.15, 0.2) is 24.3 Å². The van der Waals surface area contributed by atoms with Crippen molar-refractivity contribution in [1.29, 1.82) is 0 Å². The van der Waals surface area contributed by atoms with Gasteiger partial charge in [-0.05, 0) is 43.4 Å². The van der Waals surface area contributed by atoms with E-state index in [1.54, 1.807) is 12.1 Å². The summed E-state index contributed by atoms with van der Waals surface area (Å²) in [6, 6.07) is 6.91. The number of methoxy groups -OCH3 is 1. The minimum atomic E-state index is -0.333. The third-order valence-corrected chi connectivity index (χ3v) is 5.39. The molecule has 0 N–H and O–H groups in total. The molecule has 1 aromatic carbocycles. The van der Waals surface area contributed by atoms with Crippen LogP contribution < -0.4 is 0 Å². The van der Waals surface area contributed by atoms with Gasteiger partial charge < -0.3 is 4.74 Å². The van der Waals surface area contributed by atoms with E-state index >= 15 is 0 Å². The summed E-state index contributed by atoms with van der Waals surface area (Å²) >= 11 is 0. The Labute approximate surface area is 135 Å². The first-order valence-corrected chi connectivity index (χ1v) is 8.30. The predicted molar refractivity (Wildman–Crippen MR) is 83.4 cm³/mol. The molecule has 1 aromatic rings. The smallest absolute Gasteiger partial charge is 0.310 e. The van der Waals surface area contributed by atoms with Crippen LogP contribution in [0.4, 0.5) is 8.78 Å². The van der Waals surface area contributed by atoms with Gasteiger partial charge in [-0.2, -0.15) is 0 Å². The van der Waals surface area contributed by atoms with Gasteiger partial charge in [-0.1, -0.05) is 12.1 Å². The number of ether oxygens (including phenoxy) is 1. The van der Waals surface area contributed by atoms with Crippen molar-refractivity contribution in [1.82, 2.24) is 4.90 Å². The molecule has 126 valence electrons. The molecule has 2 heterocycles. The number of hydrogen-bond acceptors (Lipinski definition) is 3. The average molecular weight is 322 g/mol. The fraction of sp³-hybridized carbons (Fsp3) is 0.611. The molecule has 2 fully saturated rings. The van der Waals surface area contributed by atoms with E-state index < -0.39 is 0 Å². The molecule has 23 heavy (non-hydrogen) atoms. The lowest BCUT2D eigenvalue weighted by Crippen LogP contribution is -2.51. The van der Waals surface area contributed by atoms with Crippen molar-refractivity contribution in [3.8, 4) is 0 Å². The first kappa shape index (κ1) is 16.4. The molecule has 2 bridgehead atoms. The number of piperidine rings is 1. The van der Waals surface area contributed by atoms with Crippen LogP contribution in [0.1, 0.15) is 37.2 Å². The molecule has 0 aliphatic carbocycles. The van der Waals surface area contributed by atoms with Crippen molar-refractivity contribution in [2.45, 2.75) is 43.7 Å². The summed E-state index contributed by atoms with van der Waals surface area (Å²) in [6.07, 6.45) is 3.31. The fourth-order valence-electron chi connectivity index (χ4n) is 4.41. The molecule has 2 saturated heterocycles. The molecule has 0 radical (unpaired) electrons. The molecule has 3 nitrogen and oxygen atoms in total. The molecule has 0 saturated carbocycles. The van der Waals surface area contributed by atoms with Crippen LogP contribution in [0.3, 0.4) is 0 Å². The second-order valence-electron chi connectivity index (χ2n) is 6.52. The second kappa shape index (κ2) is 6.95. The molecular formula is C18H23F2NO2. The molecular weight excluding hydrogens is 299 g/mol. The predicted octanol–water partition coefficient (Wildman–Crippen LogP) is 3.29. The van der Waals surface area contributed by atoms with E-state index in [-0.39, 0.29) is 36.3 Å². The van der Waals surface area contributed by atoms with Gasteiger partial charge in [-0.25, -0.2) is 4.39 Å². The molecule has 4 unspecified atom stereocenters. The first-order chi connectivity index (χ1) is 11.2. The van der Waals surface area contributed by atoms with Crippen molar-refractivity contribution in [2.24, 2.45) is 5.92 Å². The van der Waals surface area contributed by atoms with Crippen LogP contribution in [-0.4, -0.2) is 43.3 Å². The van der Waals surface area contributed by atoms with Crippen LogP contribution in [-0.2, 0) is 9.53 Å². The van der Waals surface area contributed by atoms with Gasteiger partial charge >= 0.3 is 5.97 Å². The number of rotatable bonds is 5. The Morgan fingerprint density at radius 1 is 1.30 bits per heavy atom. The third kappa shape index (κ3) is 3.11. The summed E-state index contributed by atoms with van der Waals surface area (Å²) in [6.45, 7) is 0.357. The Balaban J connectivity index is 1.88. The Hall–Kier alpha value is -1.49. The Morgan fingerprint density at radius 3 is 2.70 bits per heavy atom. The van der Waals surface area contributed by atoms with Crippen molar-refractivity contribution in [3.63, 3.8) is 0 Å². The Morgan fingerprint density at radius 2 is 2.04 bits per heavy atom. The van der Waals surface area contributed by atoms with Gasteiger partial charge in [0.1, 0.15) is 5.82 Å². The maximum absolute atomic E-state index is 13.2. The summed E-state index contributed by atoms with van der Waals surface area (Å²) in [5.41, 5.74) is 0.990. The summed E-state index contributed by atoms with van der Waals surface area (Å²) in [5.74, 6) is -0.701. The SMILES string of the molecule is [11CH3]OC(=O)C1C(c2ccc(F)cc2)CC2CCC1N2CCCF. The highest BCUT2D eigenvalue weighted by molar-refractivity contribution is 5.75. The van der Waals surface area contributed by atoms with E-state index in [9.17, 15) is 13.6 Å². The van der Waals surface area contributed by atoms with Crippen LogP contribution in [0.5, 0.6) is 0 Å². The van der Waals surface area contributed by atoms with Gasteiger partial charge in [-0.15, -0.1) is 0 Å². The average Bonchev–Trinajstić information content (AvgIpc) is 2.84. The second-order valence-corrected chi connectivity index (χ2v) is 6.52. The number of fused-ring (bicyclic) bond motifs is 2. The van der Waals surface area contributed by atoms with Gasteiger partial charge in [0.05, 0.1) is 19.7 Å². The summed E-state index contributed by atoms with van der Waals surface area (Å²) < 4.78 is 30.8. The number of benzene rings is 1. The zero-order valence-corrected chi connectivity index (χ0v) is 13.4. The van der Waals surface area contributed by atoms with E-state index in [0.29, 0.717) is 19.0 Å². The Bertz CT molecular complexity index is 548. The van der Waals surface area contributed by atoms with Crippen molar-refractivity contribution in [2.75, 3.05) is 20.3 Å². The highest BCUT2D eigenvalue weighted by Gasteiger charge is 2.50. The van der Waals surface area contributed by atoms with E-state index in [1.165, 1.54) is 19.2 Å². The molecule has 3 rings (SSSR count). The Kier molecular flexibility index (Phi) is 4.95. The molecule has 0 amide bonds. The van der Waals surface area contributed by atoms with Gasteiger partial charge in [0, 0.05) is 24.5 Å². The number of halogens is 2. The lowest BCUT2D eigenvalue weighted by molar-refractivity contribution is -0.150. The number of carbonyl (C=O) groups excluding carboxylic acids is 1. The maximum atomic E-state index is 13.2. The quantitative estimate of drug-likeness (QED) is 0.779. The van der Waals surface area contributed by atoms with Crippen molar-refractivity contribution < 1.29 is 18.3 Å². The number of hydrogen-bond donors (Lipinski definition) is 0. The lowest BCUT2D eigenvalue weighted by atomic mass is 9.76. The topological polar surface area (TPSA) is 29.5 Å². The van der Waals surface area contributed by atoms with Gasteiger partial charge in [0.2, 0.25) is 0 Å². The van der Waals surface area contributed by atoms with Crippen LogP contribution in [0.25, 0.3) is 0 Å². The standard InChI is InChI=1S/C18H23F2NO2/c1-23-18(22)17-15(12-3-5-13(20)6-4-12)11-14-7-8-16(17)21(14)10-2-9-19/h3-6,14-17H,2,7-11H2,1H3/i1-1. The zero-order valence-electron chi connectivity index (χ0n) is 13.4. The highest BCUT2D eigenvalue weighted by atomic mass is 19.1. The van der Waals surface area contributed by atoms with Crippen LogP contribution in [0.2, 0.25) is 0 Å². The number of alkyl halides is 1. The van der Waals surface area contributed by atoms with E-state index in [4.69, 9.17) is 4.74 Å². The molecule has 0 spiro atoms. The van der Waals surface area contributed by atoms with Crippen LogP contribution >= 0.6 is 0 Å². The van der Waals surface area contributed by atoms with Crippen molar-refractivity contribution >= 4 is 5.97 Å². The van der Waals surface area contributed by atoms with E-state index in [2.05, 4.69) is 4.90 Å². The molecule has 0 aromatic heterocycles. The minimum Gasteiger partial charge on any atom is -0.469 e. The largest absolute Gasteiger partial charge is 0.469 e. The zero-order chi connectivity index (χ0) is 16.4. The number of esters is 1. The third-order valence-electron chi connectivity index (χ3n) is 5.39. The molecule has 4 atom stereocenters. The normalized spacial score (nSPS) is 30.4.